The van der Waals surface area contributed by atoms with E-state index in [4.69, 9.17) is 9.47 Å². The summed E-state index contributed by atoms with van der Waals surface area (Å²) in [6.07, 6.45) is 0.409. The SMILES string of the molecule is C[C@@H](NC(=O)CCC(=O)c1cccs1)c1ccc2c(c1)OCO2. The summed E-state index contributed by atoms with van der Waals surface area (Å²) in [5.74, 6) is 1.27. The molecule has 0 saturated heterocycles. The largest absolute Gasteiger partial charge is 0.454 e. The molecule has 2 aromatic rings. The van der Waals surface area contributed by atoms with Crippen LogP contribution in [-0.4, -0.2) is 18.5 Å². The van der Waals surface area contributed by atoms with Crippen molar-refractivity contribution in [3.63, 3.8) is 0 Å². The van der Waals surface area contributed by atoms with Crippen LogP contribution in [0.5, 0.6) is 11.5 Å². The van der Waals surface area contributed by atoms with Crippen molar-refractivity contribution in [2.24, 2.45) is 0 Å². The third kappa shape index (κ3) is 3.71. The lowest BCUT2D eigenvalue weighted by Crippen LogP contribution is -2.26. The summed E-state index contributed by atoms with van der Waals surface area (Å²) < 4.78 is 10.6. The monoisotopic (exact) mass is 331 g/mol. The van der Waals surface area contributed by atoms with Crippen molar-refractivity contribution in [3.8, 4) is 11.5 Å². The molecule has 6 heteroatoms. The van der Waals surface area contributed by atoms with Crippen molar-refractivity contribution in [2.75, 3.05) is 6.79 Å². The minimum absolute atomic E-state index is 0.00545. The molecule has 0 fully saturated rings. The Labute approximate surface area is 138 Å². The summed E-state index contributed by atoms with van der Waals surface area (Å²) in [7, 11) is 0. The number of Topliss-reactive ketones (excluding diaryl/α,β-unsaturated/α-hetero) is 1. The lowest BCUT2D eigenvalue weighted by molar-refractivity contribution is -0.121. The Morgan fingerprint density at radius 2 is 2.04 bits per heavy atom. The first-order valence-corrected chi connectivity index (χ1v) is 8.27. The van der Waals surface area contributed by atoms with E-state index in [9.17, 15) is 9.59 Å². The number of fused-ring (bicyclic) bond motifs is 1. The molecule has 1 aromatic carbocycles. The summed E-state index contributed by atoms with van der Waals surface area (Å²) in [5, 5.41) is 4.76. The van der Waals surface area contributed by atoms with Crippen LogP contribution in [0, 0.1) is 0 Å². The maximum Gasteiger partial charge on any atom is 0.231 e. The van der Waals surface area contributed by atoms with Crippen molar-refractivity contribution < 1.29 is 19.1 Å². The van der Waals surface area contributed by atoms with Crippen LogP contribution in [0.2, 0.25) is 0 Å². The molecule has 0 unspecified atom stereocenters. The van der Waals surface area contributed by atoms with Crippen molar-refractivity contribution in [1.82, 2.24) is 5.32 Å². The maximum atomic E-state index is 12.0. The number of benzene rings is 1. The van der Waals surface area contributed by atoms with E-state index in [2.05, 4.69) is 5.32 Å². The Hall–Kier alpha value is -2.34. The molecule has 5 nitrogen and oxygen atoms in total. The van der Waals surface area contributed by atoms with E-state index in [1.165, 1.54) is 11.3 Å². The minimum Gasteiger partial charge on any atom is -0.454 e. The van der Waals surface area contributed by atoms with Gasteiger partial charge in [0.05, 0.1) is 10.9 Å². The highest BCUT2D eigenvalue weighted by molar-refractivity contribution is 7.12. The van der Waals surface area contributed by atoms with Crippen LogP contribution in [0.3, 0.4) is 0 Å². The molecule has 0 saturated carbocycles. The molecule has 2 heterocycles. The van der Waals surface area contributed by atoms with E-state index < -0.39 is 0 Å². The number of rotatable bonds is 6. The summed E-state index contributed by atoms with van der Waals surface area (Å²) in [5.41, 5.74) is 0.937. The molecule has 0 bridgehead atoms. The van der Waals surface area contributed by atoms with E-state index >= 15 is 0 Å². The molecular weight excluding hydrogens is 314 g/mol. The third-order valence-corrected chi connectivity index (χ3v) is 4.56. The van der Waals surface area contributed by atoms with Gasteiger partial charge in [-0.15, -0.1) is 11.3 Å². The van der Waals surface area contributed by atoms with Gasteiger partial charge in [0.1, 0.15) is 0 Å². The number of carbonyl (C=O) groups is 2. The van der Waals surface area contributed by atoms with E-state index in [1.54, 1.807) is 6.07 Å². The number of nitrogens with one attached hydrogen (secondary N) is 1. The average molecular weight is 331 g/mol. The predicted octanol–water partition coefficient (Wildman–Crippen LogP) is 3.32. The Morgan fingerprint density at radius 3 is 2.83 bits per heavy atom. The van der Waals surface area contributed by atoms with Gasteiger partial charge >= 0.3 is 0 Å². The summed E-state index contributed by atoms with van der Waals surface area (Å²) >= 11 is 1.40. The zero-order valence-corrected chi connectivity index (χ0v) is 13.5. The third-order valence-electron chi connectivity index (χ3n) is 3.65. The average Bonchev–Trinajstić information content (AvgIpc) is 3.22. The normalized spacial score (nSPS) is 13.6. The van der Waals surface area contributed by atoms with Gasteiger partial charge in [-0.2, -0.15) is 0 Å². The minimum atomic E-state index is -0.158. The highest BCUT2D eigenvalue weighted by atomic mass is 32.1. The Bertz CT molecular complexity index is 711. The molecule has 23 heavy (non-hydrogen) atoms. The molecular formula is C17H17NO4S. The fraction of sp³-hybridized carbons (Fsp3) is 0.294. The topological polar surface area (TPSA) is 64.6 Å². The van der Waals surface area contributed by atoms with Gasteiger partial charge in [-0.25, -0.2) is 0 Å². The molecule has 0 radical (unpaired) electrons. The molecule has 1 aromatic heterocycles. The molecule has 1 amide bonds. The van der Waals surface area contributed by atoms with Crippen molar-refractivity contribution >= 4 is 23.0 Å². The lowest BCUT2D eigenvalue weighted by Gasteiger charge is -2.14. The quantitative estimate of drug-likeness (QED) is 0.825. The molecule has 0 spiro atoms. The van der Waals surface area contributed by atoms with Crippen molar-refractivity contribution in [1.29, 1.82) is 0 Å². The highest BCUT2D eigenvalue weighted by Crippen LogP contribution is 2.34. The van der Waals surface area contributed by atoms with Gasteiger partial charge in [0, 0.05) is 12.8 Å². The molecule has 120 valence electrons. The number of ether oxygens (including phenoxy) is 2. The van der Waals surface area contributed by atoms with Crippen LogP contribution in [0.25, 0.3) is 0 Å². The van der Waals surface area contributed by atoms with Crippen LogP contribution in [0.15, 0.2) is 35.7 Å². The second kappa shape index (κ2) is 6.83. The van der Waals surface area contributed by atoms with Gasteiger partial charge < -0.3 is 14.8 Å². The first-order valence-electron chi connectivity index (χ1n) is 7.39. The molecule has 1 N–H and O–H groups in total. The Kier molecular flexibility index (Phi) is 4.62. The van der Waals surface area contributed by atoms with Crippen LogP contribution in [0.1, 0.15) is 41.0 Å². The van der Waals surface area contributed by atoms with Gasteiger partial charge in [0.2, 0.25) is 12.7 Å². The highest BCUT2D eigenvalue weighted by Gasteiger charge is 2.17. The zero-order chi connectivity index (χ0) is 16.2. The fourth-order valence-corrected chi connectivity index (χ4v) is 3.06. The fourth-order valence-electron chi connectivity index (χ4n) is 2.37. The van der Waals surface area contributed by atoms with Crippen LogP contribution < -0.4 is 14.8 Å². The lowest BCUT2D eigenvalue weighted by atomic mass is 10.1. The van der Waals surface area contributed by atoms with E-state index in [-0.39, 0.29) is 37.4 Å². The predicted molar refractivity (Wildman–Crippen MR) is 87.0 cm³/mol. The maximum absolute atomic E-state index is 12.0. The number of thiophene rings is 1. The smallest absolute Gasteiger partial charge is 0.231 e. The van der Waals surface area contributed by atoms with Crippen molar-refractivity contribution in [3.05, 3.63) is 46.2 Å². The van der Waals surface area contributed by atoms with Crippen LogP contribution >= 0.6 is 11.3 Å². The first-order chi connectivity index (χ1) is 11.1. The van der Waals surface area contributed by atoms with Gasteiger partial charge in [-0.1, -0.05) is 12.1 Å². The molecule has 1 atom stereocenters. The standard InChI is InChI=1S/C17H17NO4S/c1-11(12-4-6-14-15(9-12)22-10-21-14)18-17(20)7-5-13(19)16-3-2-8-23-16/h2-4,6,8-9,11H,5,7,10H2,1H3,(H,18,20)/t11-/m1/s1. The molecule has 1 aliphatic rings. The number of hydrogen-bond acceptors (Lipinski definition) is 5. The van der Waals surface area contributed by atoms with Crippen LogP contribution in [-0.2, 0) is 4.79 Å². The number of carbonyl (C=O) groups excluding carboxylic acids is 2. The van der Waals surface area contributed by atoms with Gasteiger partial charge in [0.25, 0.3) is 0 Å². The second-order valence-electron chi connectivity index (χ2n) is 5.30. The molecule has 3 rings (SSSR count). The Morgan fingerprint density at radius 1 is 1.22 bits per heavy atom. The number of hydrogen-bond donors (Lipinski definition) is 1. The van der Waals surface area contributed by atoms with Crippen molar-refractivity contribution in [2.45, 2.75) is 25.8 Å². The number of amides is 1. The van der Waals surface area contributed by atoms with E-state index in [1.807, 2.05) is 36.6 Å². The van der Waals surface area contributed by atoms with Gasteiger partial charge in [0.15, 0.2) is 17.3 Å². The molecule has 0 aliphatic carbocycles. The van der Waals surface area contributed by atoms with Gasteiger partial charge in [-0.05, 0) is 36.1 Å². The van der Waals surface area contributed by atoms with E-state index in [0.717, 1.165) is 5.56 Å². The number of ketones is 1. The summed E-state index contributed by atoms with van der Waals surface area (Å²) in [6.45, 7) is 2.13. The first kappa shape index (κ1) is 15.6. The van der Waals surface area contributed by atoms with Crippen LogP contribution in [0.4, 0.5) is 0 Å². The summed E-state index contributed by atoms with van der Waals surface area (Å²) in [6, 6.07) is 9.05. The zero-order valence-electron chi connectivity index (χ0n) is 12.7. The summed E-state index contributed by atoms with van der Waals surface area (Å²) in [4.78, 5) is 24.6. The second-order valence-corrected chi connectivity index (χ2v) is 6.25. The molecule has 1 aliphatic heterocycles. The van der Waals surface area contributed by atoms with E-state index in [0.29, 0.717) is 16.4 Å². The van der Waals surface area contributed by atoms with Gasteiger partial charge in [-0.3, -0.25) is 9.59 Å². The Balaban J connectivity index is 1.52.